The average molecular weight is 255 g/mol. The van der Waals surface area contributed by atoms with Crippen LogP contribution in [0, 0.1) is 0 Å². The molecule has 4 heteroatoms. The number of rotatable bonds is 5. The summed E-state index contributed by atoms with van der Waals surface area (Å²) in [7, 11) is 1.85. The summed E-state index contributed by atoms with van der Waals surface area (Å²) in [5, 5.41) is 6.50. The molecular formula is C13H19ClN2O. The smallest absolute Gasteiger partial charge is 0.230 e. The zero-order chi connectivity index (χ0) is 12.9. The quantitative estimate of drug-likeness (QED) is 0.789. The van der Waals surface area contributed by atoms with Crippen LogP contribution in [0.2, 0.25) is 5.02 Å². The molecule has 17 heavy (non-hydrogen) atoms. The van der Waals surface area contributed by atoms with E-state index in [4.69, 9.17) is 11.6 Å². The van der Waals surface area contributed by atoms with E-state index in [0.717, 1.165) is 12.1 Å². The highest BCUT2D eigenvalue weighted by molar-refractivity contribution is 6.31. The van der Waals surface area contributed by atoms with E-state index in [-0.39, 0.29) is 5.91 Å². The number of likely N-dealkylation sites (N-methyl/N-ethyl adjacent to an activating group) is 1. The van der Waals surface area contributed by atoms with Crippen molar-refractivity contribution < 1.29 is 4.79 Å². The average Bonchev–Trinajstić information content (AvgIpc) is 2.29. The van der Waals surface area contributed by atoms with Crippen LogP contribution in [-0.4, -0.2) is 26.0 Å². The van der Waals surface area contributed by atoms with Gasteiger partial charge in [0, 0.05) is 18.1 Å². The van der Waals surface area contributed by atoms with Crippen LogP contribution < -0.4 is 10.6 Å². The Bertz CT molecular complexity index is 391. The van der Waals surface area contributed by atoms with E-state index in [1.54, 1.807) is 6.07 Å². The van der Waals surface area contributed by atoms with Crippen molar-refractivity contribution in [3.63, 3.8) is 0 Å². The van der Waals surface area contributed by atoms with E-state index in [0.29, 0.717) is 11.6 Å². The van der Waals surface area contributed by atoms with Gasteiger partial charge < -0.3 is 10.6 Å². The lowest BCUT2D eigenvalue weighted by molar-refractivity contribution is -0.125. The van der Waals surface area contributed by atoms with Crippen LogP contribution in [0.15, 0.2) is 24.3 Å². The van der Waals surface area contributed by atoms with E-state index in [2.05, 4.69) is 10.6 Å². The molecular weight excluding hydrogens is 236 g/mol. The Hall–Kier alpha value is -1.06. The maximum absolute atomic E-state index is 12.1. The third kappa shape index (κ3) is 3.45. The molecule has 1 rings (SSSR count). The zero-order valence-electron chi connectivity index (χ0n) is 10.5. The maximum atomic E-state index is 12.1. The zero-order valence-corrected chi connectivity index (χ0v) is 11.3. The fraction of sp³-hybridized carbons (Fsp3) is 0.462. The Balaban J connectivity index is 2.80. The van der Waals surface area contributed by atoms with Gasteiger partial charge in [-0.3, -0.25) is 4.79 Å². The van der Waals surface area contributed by atoms with Crippen molar-refractivity contribution in [2.45, 2.75) is 19.3 Å². The van der Waals surface area contributed by atoms with Gasteiger partial charge in [0.2, 0.25) is 5.91 Å². The van der Waals surface area contributed by atoms with Crippen LogP contribution in [-0.2, 0) is 10.2 Å². The van der Waals surface area contributed by atoms with Crippen LogP contribution in [0.1, 0.15) is 19.4 Å². The molecule has 2 N–H and O–H groups in total. The van der Waals surface area contributed by atoms with Gasteiger partial charge in [-0.2, -0.15) is 0 Å². The van der Waals surface area contributed by atoms with Crippen LogP contribution in [0.25, 0.3) is 0 Å². The molecule has 0 bridgehead atoms. The predicted octanol–water partition coefficient (Wildman–Crippen LogP) is 1.95. The summed E-state index contributed by atoms with van der Waals surface area (Å²) in [5.74, 6) is -0.0131. The fourth-order valence-corrected chi connectivity index (χ4v) is 1.98. The molecule has 0 spiro atoms. The molecule has 0 fully saturated rings. The van der Waals surface area contributed by atoms with E-state index in [1.165, 1.54) is 0 Å². The van der Waals surface area contributed by atoms with Crippen molar-refractivity contribution in [1.29, 1.82) is 0 Å². The molecule has 1 aromatic rings. The number of carbonyl (C=O) groups excluding carboxylic acids is 1. The topological polar surface area (TPSA) is 41.1 Å². The number of halogens is 1. The van der Waals surface area contributed by atoms with Gasteiger partial charge in [-0.1, -0.05) is 29.8 Å². The van der Waals surface area contributed by atoms with E-state index in [1.807, 2.05) is 39.1 Å². The van der Waals surface area contributed by atoms with Crippen molar-refractivity contribution in [3.8, 4) is 0 Å². The van der Waals surface area contributed by atoms with Gasteiger partial charge >= 0.3 is 0 Å². The first-order valence-corrected chi connectivity index (χ1v) is 6.06. The highest BCUT2D eigenvalue weighted by Crippen LogP contribution is 2.29. The molecule has 0 radical (unpaired) electrons. The number of carbonyl (C=O) groups is 1. The molecule has 0 aliphatic rings. The Morgan fingerprint density at radius 1 is 1.29 bits per heavy atom. The van der Waals surface area contributed by atoms with Crippen molar-refractivity contribution in [1.82, 2.24) is 10.6 Å². The molecule has 0 aliphatic heterocycles. The summed E-state index contributed by atoms with van der Waals surface area (Å²) in [6.45, 7) is 5.12. The summed E-state index contributed by atoms with van der Waals surface area (Å²) < 4.78 is 0. The van der Waals surface area contributed by atoms with E-state index >= 15 is 0 Å². The number of hydrogen-bond acceptors (Lipinski definition) is 2. The third-order valence-corrected chi connectivity index (χ3v) is 3.11. The monoisotopic (exact) mass is 254 g/mol. The molecule has 0 heterocycles. The molecule has 1 aromatic carbocycles. The van der Waals surface area contributed by atoms with Crippen molar-refractivity contribution >= 4 is 17.5 Å². The van der Waals surface area contributed by atoms with Crippen LogP contribution in [0.3, 0.4) is 0 Å². The summed E-state index contributed by atoms with van der Waals surface area (Å²) in [6.07, 6.45) is 0. The lowest BCUT2D eigenvalue weighted by Gasteiger charge is -2.25. The SMILES string of the molecule is CNCCNC(=O)C(C)(C)c1ccccc1Cl. The maximum Gasteiger partial charge on any atom is 0.230 e. The highest BCUT2D eigenvalue weighted by atomic mass is 35.5. The Kier molecular flexibility index (Phi) is 4.97. The first kappa shape index (κ1) is 14.0. The summed E-state index contributed by atoms with van der Waals surface area (Å²) in [4.78, 5) is 12.1. The van der Waals surface area contributed by atoms with Crippen molar-refractivity contribution in [2.75, 3.05) is 20.1 Å². The van der Waals surface area contributed by atoms with Crippen LogP contribution >= 0.6 is 11.6 Å². The third-order valence-electron chi connectivity index (χ3n) is 2.78. The predicted molar refractivity (Wildman–Crippen MR) is 71.4 cm³/mol. The van der Waals surface area contributed by atoms with Crippen molar-refractivity contribution in [2.24, 2.45) is 0 Å². The van der Waals surface area contributed by atoms with Gasteiger partial charge in [0.15, 0.2) is 0 Å². The van der Waals surface area contributed by atoms with Gasteiger partial charge in [0.25, 0.3) is 0 Å². The van der Waals surface area contributed by atoms with E-state index in [9.17, 15) is 4.79 Å². The molecule has 1 amide bonds. The Morgan fingerprint density at radius 2 is 1.94 bits per heavy atom. The normalized spacial score (nSPS) is 11.3. The molecule has 0 aliphatic carbocycles. The van der Waals surface area contributed by atoms with Gasteiger partial charge in [0.1, 0.15) is 0 Å². The van der Waals surface area contributed by atoms with E-state index < -0.39 is 5.41 Å². The number of benzene rings is 1. The Morgan fingerprint density at radius 3 is 2.53 bits per heavy atom. The van der Waals surface area contributed by atoms with Crippen LogP contribution in [0.5, 0.6) is 0 Å². The number of hydrogen-bond donors (Lipinski definition) is 2. The number of nitrogens with one attached hydrogen (secondary N) is 2. The minimum atomic E-state index is -0.619. The molecule has 94 valence electrons. The van der Waals surface area contributed by atoms with Gasteiger partial charge in [0.05, 0.1) is 5.41 Å². The largest absolute Gasteiger partial charge is 0.354 e. The second kappa shape index (κ2) is 6.03. The molecule has 0 atom stereocenters. The molecule has 0 aromatic heterocycles. The number of amides is 1. The van der Waals surface area contributed by atoms with Crippen LogP contribution in [0.4, 0.5) is 0 Å². The summed E-state index contributed by atoms with van der Waals surface area (Å²) in [5.41, 5.74) is 0.232. The van der Waals surface area contributed by atoms with Gasteiger partial charge in [-0.25, -0.2) is 0 Å². The lowest BCUT2D eigenvalue weighted by atomic mass is 9.83. The minimum absolute atomic E-state index is 0.0131. The highest BCUT2D eigenvalue weighted by Gasteiger charge is 2.31. The standard InChI is InChI=1S/C13H19ClN2O/c1-13(2,12(17)16-9-8-15-3)10-6-4-5-7-11(10)14/h4-7,15H,8-9H2,1-3H3,(H,16,17). The lowest BCUT2D eigenvalue weighted by Crippen LogP contribution is -2.42. The molecule has 0 unspecified atom stereocenters. The minimum Gasteiger partial charge on any atom is -0.354 e. The second-order valence-corrected chi connectivity index (χ2v) is 4.87. The van der Waals surface area contributed by atoms with Gasteiger partial charge in [-0.05, 0) is 32.5 Å². The molecule has 3 nitrogen and oxygen atoms in total. The fourth-order valence-electron chi connectivity index (χ4n) is 1.61. The first-order chi connectivity index (χ1) is 8.00. The summed E-state index contributed by atoms with van der Waals surface area (Å²) >= 11 is 6.12. The summed E-state index contributed by atoms with van der Waals surface area (Å²) in [6, 6.07) is 7.45. The van der Waals surface area contributed by atoms with Gasteiger partial charge in [-0.15, -0.1) is 0 Å². The molecule has 0 saturated carbocycles. The molecule has 0 saturated heterocycles. The Labute approximate surface area is 108 Å². The second-order valence-electron chi connectivity index (χ2n) is 4.46. The van der Waals surface area contributed by atoms with Crippen molar-refractivity contribution in [3.05, 3.63) is 34.9 Å². The first-order valence-electron chi connectivity index (χ1n) is 5.68.